The van der Waals surface area contributed by atoms with Crippen molar-refractivity contribution in [2.75, 3.05) is 24.1 Å². The summed E-state index contributed by atoms with van der Waals surface area (Å²) in [6, 6.07) is 11.3. The van der Waals surface area contributed by atoms with Crippen LogP contribution in [0.15, 0.2) is 47.4 Å². The summed E-state index contributed by atoms with van der Waals surface area (Å²) < 4.78 is 34.6. The van der Waals surface area contributed by atoms with Crippen molar-refractivity contribution < 1.29 is 26.9 Å². The predicted molar refractivity (Wildman–Crippen MR) is 113 cm³/mol. The van der Waals surface area contributed by atoms with Gasteiger partial charge in [-0.25, -0.2) is 15.2 Å². The van der Waals surface area contributed by atoms with E-state index in [-0.39, 0.29) is 17.4 Å². The molecule has 2 amide bonds. The molecule has 0 unspecified atom stereocenters. The number of nitrogens with one attached hydrogen (secondary N) is 1. The molecule has 0 aromatic heterocycles. The van der Waals surface area contributed by atoms with Crippen LogP contribution in [0.2, 0.25) is 0 Å². The number of halogens is 1. The lowest BCUT2D eigenvalue weighted by Crippen LogP contribution is -2.49. The van der Waals surface area contributed by atoms with Crippen molar-refractivity contribution in [3.63, 3.8) is 0 Å². The zero-order valence-corrected chi connectivity index (χ0v) is 18.4. The van der Waals surface area contributed by atoms with Crippen molar-refractivity contribution >= 4 is 39.4 Å². The van der Waals surface area contributed by atoms with Crippen LogP contribution in [-0.2, 0) is 23.8 Å². The molecule has 0 heterocycles. The van der Waals surface area contributed by atoms with Gasteiger partial charge in [0.1, 0.15) is 13.2 Å². The molecule has 30 heavy (non-hydrogen) atoms. The third-order valence-electron chi connectivity index (χ3n) is 4.07. The van der Waals surface area contributed by atoms with Gasteiger partial charge >= 0.3 is 6.09 Å². The highest BCUT2D eigenvalue weighted by molar-refractivity contribution is 7.86. The zero-order chi connectivity index (χ0) is 22.3. The number of ether oxygens (including phenoxy) is 1. The Bertz CT molecular complexity index is 988. The van der Waals surface area contributed by atoms with E-state index in [4.69, 9.17) is 20.5 Å². The SMILES string of the molecule is Cc1ccc(S(=O)(=O)OCC(=O)N(NC(=O)OCCCl)c2c(C)cccc2C)cc1. The number of amides is 2. The van der Waals surface area contributed by atoms with Gasteiger partial charge in [-0.15, -0.1) is 11.6 Å². The maximum Gasteiger partial charge on any atom is 0.426 e. The topological polar surface area (TPSA) is 102 Å². The number of hydrazine groups is 1. The van der Waals surface area contributed by atoms with E-state index in [2.05, 4.69) is 5.43 Å². The minimum atomic E-state index is -4.16. The molecule has 0 saturated heterocycles. The molecule has 2 rings (SSSR count). The number of benzene rings is 2. The number of alkyl halides is 1. The first-order valence-corrected chi connectivity index (χ1v) is 10.9. The molecule has 0 aliphatic carbocycles. The van der Waals surface area contributed by atoms with E-state index in [1.165, 1.54) is 12.1 Å². The first kappa shape index (κ1) is 23.7. The minimum absolute atomic E-state index is 0.0551. The summed E-state index contributed by atoms with van der Waals surface area (Å²) in [4.78, 5) is 24.8. The quantitative estimate of drug-likeness (QED) is 0.391. The molecule has 0 saturated carbocycles. The van der Waals surface area contributed by atoms with E-state index >= 15 is 0 Å². The highest BCUT2D eigenvalue weighted by atomic mass is 35.5. The summed E-state index contributed by atoms with van der Waals surface area (Å²) in [5.74, 6) is -0.714. The van der Waals surface area contributed by atoms with Crippen molar-refractivity contribution in [3.05, 3.63) is 59.2 Å². The summed E-state index contributed by atoms with van der Waals surface area (Å²) in [7, 11) is -4.16. The second-order valence-corrected chi connectivity index (χ2v) is 8.43. The van der Waals surface area contributed by atoms with E-state index in [0.29, 0.717) is 16.8 Å². The number of rotatable bonds is 7. The lowest BCUT2D eigenvalue weighted by atomic mass is 10.1. The fourth-order valence-electron chi connectivity index (χ4n) is 2.62. The molecule has 1 N–H and O–H groups in total. The lowest BCUT2D eigenvalue weighted by molar-refractivity contribution is -0.121. The summed E-state index contributed by atoms with van der Waals surface area (Å²) in [5, 5.41) is 0.923. The molecular formula is C20H23ClN2O6S. The molecule has 0 aliphatic heterocycles. The van der Waals surface area contributed by atoms with Gasteiger partial charge in [-0.1, -0.05) is 35.9 Å². The Balaban J connectivity index is 2.24. The van der Waals surface area contributed by atoms with Crippen molar-refractivity contribution in [2.45, 2.75) is 25.7 Å². The van der Waals surface area contributed by atoms with Gasteiger partial charge in [0.05, 0.1) is 16.5 Å². The van der Waals surface area contributed by atoms with Gasteiger partial charge in [-0.2, -0.15) is 8.42 Å². The number of para-hydroxylation sites is 1. The van der Waals surface area contributed by atoms with E-state index in [1.807, 2.05) is 6.92 Å². The first-order valence-electron chi connectivity index (χ1n) is 9.00. The fraction of sp³-hybridized carbons (Fsp3) is 0.300. The predicted octanol–water partition coefficient (Wildman–Crippen LogP) is 3.23. The first-order chi connectivity index (χ1) is 14.2. The largest absolute Gasteiger partial charge is 0.447 e. The summed E-state index contributed by atoms with van der Waals surface area (Å²) in [5.41, 5.74) is 4.96. The number of carbonyl (C=O) groups excluding carboxylic acids is 2. The Morgan fingerprint density at radius 1 is 1.03 bits per heavy atom. The smallest absolute Gasteiger partial charge is 0.426 e. The van der Waals surface area contributed by atoms with Crippen LogP contribution < -0.4 is 10.4 Å². The van der Waals surface area contributed by atoms with Gasteiger partial charge in [0, 0.05) is 0 Å². The molecule has 0 fully saturated rings. The number of carbonyl (C=O) groups is 2. The third kappa shape index (κ3) is 6.19. The maximum atomic E-state index is 12.8. The van der Waals surface area contributed by atoms with Crippen LogP contribution in [0.1, 0.15) is 16.7 Å². The van der Waals surface area contributed by atoms with E-state index in [9.17, 15) is 18.0 Å². The number of hydrogen-bond acceptors (Lipinski definition) is 6. The van der Waals surface area contributed by atoms with Crippen molar-refractivity contribution in [2.24, 2.45) is 0 Å². The molecule has 0 atom stereocenters. The normalized spacial score (nSPS) is 11.1. The number of hydrogen-bond donors (Lipinski definition) is 1. The number of aryl methyl sites for hydroxylation is 3. The van der Waals surface area contributed by atoms with Crippen molar-refractivity contribution in [3.8, 4) is 0 Å². The highest BCUT2D eigenvalue weighted by Crippen LogP contribution is 2.24. The van der Waals surface area contributed by atoms with Crippen LogP contribution in [-0.4, -0.2) is 39.5 Å². The van der Waals surface area contributed by atoms with E-state index < -0.39 is 28.7 Å². The molecule has 0 aliphatic rings. The number of anilines is 1. The average Bonchev–Trinajstić information content (AvgIpc) is 2.70. The standard InChI is InChI=1S/C20H23ClN2O6S/c1-14-7-9-17(10-8-14)30(26,27)29-13-18(24)23(22-20(25)28-12-11-21)19-15(2)5-4-6-16(19)3/h4-10H,11-13H2,1-3H3,(H,22,25). The van der Waals surface area contributed by atoms with Crippen molar-refractivity contribution in [1.29, 1.82) is 0 Å². The molecule has 0 radical (unpaired) electrons. The lowest BCUT2D eigenvalue weighted by Gasteiger charge is -2.26. The monoisotopic (exact) mass is 454 g/mol. The Morgan fingerprint density at radius 2 is 1.63 bits per heavy atom. The highest BCUT2D eigenvalue weighted by Gasteiger charge is 2.25. The molecule has 2 aromatic rings. The van der Waals surface area contributed by atoms with Crippen LogP contribution >= 0.6 is 11.6 Å². The van der Waals surface area contributed by atoms with Gasteiger partial charge in [0.15, 0.2) is 0 Å². The molecule has 8 nitrogen and oxygen atoms in total. The van der Waals surface area contributed by atoms with E-state index in [1.54, 1.807) is 44.2 Å². The van der Waals surface area contributed by atoms with Crippen LogP contribution in [0.5, 0.6) is 0 Å². The molecular weight excluding hydrogens is 432 g/mol. The molecule has 10 heteroatoms. The Hall–Kier alpha value is -2.62. The van der Waals surface area contributed by atoms with Gasteiger partial charge in [0.25, 0.3) is 16.0 Å². The minimum Gasteiger partial charge on any atom is -0.447 e. The molecule has 0 bridgehead atoms. The molecule has 162 valence electrons. The van der Waals surface area contributed by atoms with Crippen LogP contribution in [0, 0.1) is 20.8 Å². The summed E-state index contributed by atoms with van der Waals surface area (Å²) in [6.07, 6.45) is -0.909. The molecule has 2 aromatic carbocycles. The Morgan fingerprint density at radius 3 is 2.20 bits per heavy atom. The van der Waals surface area contributed by atoms with Crippen molar-refractivity contribution in [1.82, 2.24) is 5.43 Å². The second kappa shape index (κ2) is 10.4. The van der Waals surface area contributed by atoms with Crippen LogP contribution in [0.25, 0.3) is 0 Å². The maximum absolute atomic E-state index is 12.8. The molecule has 0 spiro atoms. The zero-order valence-electron chi connectivity index (χ0n) is 16.8. The third-order valence-corrected chi connectivity index (χ3v) is 5.51. The van der Waals surface area contributed by atoms with Crippen LogP contribution in [0.3, 0.4) is 0 Å². The van der Waals surface area contributed by atoms with E-state index in [0.717, 1.165) is 10.6 Å². The average molecular weight is 455 g/mol. The summed E-state index contributed by atoms with van der Waals surface area (Å²) in [6.45, 7) is 4.44. The Labute approximate surface area is 180 Å². The van der Waals surface area contributed by atoms with Gasteiger partial charge < -0.3 is 4.74 Å². The second-order valence-electron chi connectivity index (χ2n) is 6.44. The van der Waals surface area contributed by atoms with Gasteiger partial charge in [0.2, 0.25) is 0 Å². The van der Waals surface area contributed by atoms with Crippen LogP contribution in [0.4, 0.5) is 10.5 Å². The summed E-state index contributed by atoms with van der Waals surface area (Å²) >= 11 is 5.51. The Kier molecular flexibility index (Phi) is 8.22. The van der Waals surface area contributed by atoms with Gasteiger partial charge in [-0.3, -0.25) is 8.98 Å². The fourth-order valence-corrected chi connectivity index (χ4v) is 3.56. The van der Waals surface area contributed by atoms with Gasteiger partial charge in [-0.05, 0) is 44.0 Å². The number of nitrogens with zero attached hydrogens (tertiary/aromatic N) is 1.